The summed E-state index contributed by atoms with van der Waals surface area (Å²) in [6, 6.07) is -0.654. The number of alkyl halides is 3. The number of amides is 2. The molecule has 116 valence electrons. The van der Waals surface area contributed by atoms with Gasteiger partial charge in [0, 0.05) is 24.9 Å². The van der Waals surface area contributed by atoms with E-state index in [9.17, 15) is 22.8 Å². The van der Waals surface area contributed by atoms with Crippen LogP contribution in [-0.4, -0.2) is 59.3 Å². The number of nitrogens with zero attached hydrogens (tertiary/aromatic N) is 1. The number of halogens is 3. The number of nitrogens with one attached hydrogen (secondary N) is 1. The van der Waals surface area contributed by atoms with Crippen LogP contribution in [0.15, 0.2) is 0 Å². The molecule has 0 aliphatic carbocycles. The SMILES string of the molecule is CSC(C)CNC(=O)N1CCC(C(=O)O)(C(F)(F)F)C1. The van der Waals surface area contributed by atoms with E-state index in [1.54, 1.807) is 0 Å². The number of aliphatic carboxylic acids is 1. The number of likely N-dealkylation sites (tertiary alicyclic amines) is 1. The third kappa shape index (κ3) is 3.31. The molecule has 0 spiro atoms. The third-order valence-corrected chi connectivity index (χ3v) is 4.42. The molecule has 0 radical (unpaired) electrons. The van der Waals surface area contributed by atoms with Gasteiger partial charge in [-0.25, -0.2) is 4.79 Å². The number of thioether (sulfide) groups is 1. The first-order valence-electron chi connectivity index (χ1n) is 6.00. The Labute approximate surface area is 118 Å². The van der Waals surface area contributed by atoms with E-state index in [4.69, 9.17) is 5.11 Å². The zero-order chi connectivity index (χ0) is 15.6. The smallest absolute Gasteiger partial charge is 0.406 e. The van der Waals surface area contributed by atoms with Gasteiger partial charge < -0.3 is 15.3 Å². The van der Waals surface area contributed by atoms with Gasteiger partial charge in [-0.1, -0.05) is 6.92 Å². The molecular formula is C11H17F3N2O3S. The first-order valence-corrected chi connectivity index (χ1v) is 7.28. The summed E-state index contributed by atoms with van der Waals surface area (Å²) in [5.41, 5.74) is -2.85. The van der Waals surface area contributed by atoms with Crippen LogP contribution >= 0.6 is 11.8 Å². The van der Waals surface area contributed by atoms with Crippen molar-refractivity contribution in [3.63, 3.8) is 0 Å². The number of hydrogen-bond acceptors (Lipinski definition) is 3. The number of carboxylic acids is 1. The summed E-state index contributed by atoms with van der Waals surface area (Å²) in [6.07, 6.45) is -3.64. The van der Waals surface area contributed by atoms with Gasteiger partial charge in [-0.2, -0.15) is 24.9 Å². The summed E-state index contributed by atoms with van der Waals surface area (Å²) in [5.74, 6) is -1.93. The van der Waals surface area contributed by atoms with E-state index in [1.807, 2.05) is 13.2 Å². The van der Waals surface area contributed by atoms with Crippen LogP contribution in [0.4, 0.5) is 18.0 Å². The van der Waals surface area contributed by atoms with Crippen molar-refractivity contribution in [2.24, 2.45) is 5.41 Å². The Morgan fingerprint density at radius 1 is 1.50 bits per heavy atom. The molecule has 9 heteroatoms. The van der Waals surface area contributed by atoms with Crippen LogP contribution in [0.1, 0.15) is 13.3 Å². The van der Waals surface area contributed by atoms with Gasteiger partial charge in [0.2, 0.25) is 0 Å². The number of carbonyl (C=O) groups excluding carboxylic acids is 1. The van der Waals surface area contributed by atoms with Gasteiger partial charge in [-0.05, 0) is 12.7 Å². The fraction of sp³-hybridized carbons (Fsp3) is 0.818. The monoisotopic (exact) mass is 314 g/mol. The van der Waals surface area contributed by atoms with Crippen LogP contribution in [0, 0.1) is 5.41 Å². The fourth-order valence-electron chi connectivity index (χ4n) is 1.94. The largest absolute Gasteiger partial charge is 0.481 e. The minimum Gasteiger partial charge on any atom is -0.481 e. The molecular weight excluding hydrogens is 297 g/mol. The van der Waals surface area contributed by atoms with Crippen molar-refractivity contribution >= 4 is 23.8 Å². The van der Waals surface area contributed by atoms with Gasteiger partial charge in [-0.3, -0.25) is 4.79 Å². The Hall–Kier alpha value is -1.12. The topological polar surface area (TPSA) is 69.6 Å². The summed E-state index contributed by atoms with van der Waals surface area (Å²) < 4.78 is 38.8. The molecule has 1 aliphatic heterocycles. The van der Waals surface area contributed by atoms with Gasteiger partial charge in [-0.15, -0.1) is 0 Å². The molecule has 2 amide bonds. The average Bonchev–Trinajstić information content (AvgIpc) is 2.81. The maximum absolute atomic E-state index is 12.9. The molecule has 1 aliphatic rings. The maximum atomic E-state index is 12.9. The Kier molecular flexibility index (Phi) is 5.17. The van der Waals surface area contributed by atoms with Crippen molar-refractivity contribution in [2.45, 2.75) is 24.8 Å². The molecule has 1 rings (SSSR count). The predicted molar refractivity (Wildman–Crippen MR) is 68.7 cm³/mol. The van der Waals surface area contributed by atoms with Crippen LogP contribution in [0.2, 0.25) is 0 Å². The zero-order valence-electron chi connectivity index (χ0n) is 11.2. The molecule has 0 aromatic rings. The second-order valence-corrected chi connectivity index (χ2v) is 6.07. The lowest BCUT2D eigenvalue weighted by molar-refractivity contribution is -0.226. The minimum atomic E-state index is -4.87. The summed E-state index contributed by atoms with van der Waals surface area (Å²) in [4.78, 5) is 23.6. The Bertz CT molecular complexity index is 392. The average molecular weight is 314 g/mol. The Balaban J connectivity index is 2.70. The first kappa shape index (κ1) is 16.9. The summed E-state index contributed by atoms with van der Waals surface area (Å²) in [7, 11) is 0. The molecule has 0 saturated carbocycles. The van der Waals surface area contributed by atoms with Gasteiger partial charge in [0.1, 0.15) is 0 Å². The fourth-order valence-corrected chi connectivity index (χ4v) is 2.19. The summed E-state index contributed by atoms with van der Waals surface area (Å²) in [6.45, 7) is 1.13. The van der Waals surface area contributed by atoms with Crippen molar-refractivity contribution in [1.29, 1.82) is 0 Å². The minimum absolute atomic E-state index is 0.133. The van der Waals surface area contributed by atoms with Gasteiger partial charge >= 0.3 is 18.2 Å². The Morgan fingerprint density at radius 3 is 2.50 bits per heavy atom. The lowest BCUT2D eigenvalue weighted by atomic mass is 9.86. The maximum Gasteiger partial charge on any atom is 0.406 e. The molecule has 1 heterocycles. The highest BCUT2D eigenvalue weighted by atomic mass is 32.2. The van der Waals surface area contributed by atoms with Crippen LogP contribution in [0.3, 0.4) is 0 Å². The third-order valence-electron chi connectivity index (χ3n) is 3.45. The second-order valence-electron chi connectivity index (χ2n) is 4.79. The molecule has 2 atom stereocenters. The number of hydrogen-bond donors (Lipinski definition) is 2. The standard InChI is InChI=1S/C11H17F3N2O3S/c1-7(20-2)5-15-9(19)16-4-3-10(6-16,8(17)18)11(12,13)14/h7H,3-6H2,1-2H3,(H,15,19)(H,17,18). The highest BCUT2D eigenvalue weighted by molar-refractivity contribution is 7.99. The summed E-state index contributed by atoms with van der Waals surface area (Å²) in [5, 5.41) is 11.5. The van der Waals surface area contributed by atoms with E-state index < -0.39 is 36.6 Å². The predicted octanol–water partition coefficient (Wildman–Crippen LogP) is 1.79. The lowest BCUT2D eigenvalue weighted by Gasteiger charge is -2.27. The van der Waals surface area contributed by atoms with E-state index >= 15 is 0 Å². The summed E-state index contributed by atoms with van der Waals surface area (Å²) >= 11 is 1.51. The van der Waals surface area contributed by atoms with Crippen LogP contribution in [-0.2, 0) is 4.79 Å². The number of carboxylic acid groups (broad SMARTS) is 1. The molecule has 0 bridgehead atoms. The molecule has 5 nitrogen and oxygen atoms in total. The molecule has 1 saturated heterocycles. The van der Waals surface area contributed by atoms with Crippen molar-refractivity contribution in [2.75, 3.05) is 25.9 Å². The van der Waals surface area contributed by atoms with Crippen molar-refractivity contribution in [3.8, 4) is 0 Å². The van der Waals surface area contributed by atoms with Gasteiger partial charge in [0.25, 0.3) is 0 Å². The normalized spacial score (nSPS) is 24.6. The van der Waals surface area contributed by atoms with E-state index in [2.05, 4.69) is 5.32 Å². The molecule has 1 fully saturated rings. The van der Waals surface area contributed by atoms with Crippen molar-refractivity contribution in [1.82, 2.24) is 10.2 Å². The van der Waals surface area contributed by atoms with E-state index in [-0.39, 0.29) is 11.8 Å². The molecule has 0 aromatic carbocycles. The molecule has 0 aromatic heterocycles. The highest BCUT2D eigenvalue weighted by Crippen LogP contribution is 2.45. The molecule has 2 unspecified atom stereocenters. The van der Waals surface area contributed by atoms with E-state index in [1.165, 1.54) is 11.8 Å². The van der Waals surface area contributed by atoms with Gasteiger partial charge in [0.15, 0.2) is 5.41 Å². The van der Waals surface area contributed by atoms with Gasteiger partial charge in [0.05, 0.1) is 0 Å². The first-order chi connectivity index (χ1) is 9.14. The highest BCUT2D eigenvalue weighted by Gasteiger charge is 2.64. The van der Waals surface area contributed by atoms with Crippen LogP contribution < -0.4 is 5.32 Å². The number of carbonyl (C=O) groups is 2. The zero-order valence-corrected chi connectivity index (χ0v) is 12.0. The van der Waals surface area contributed by atoms with E-state index in [0.29, 0.717) is 6.54 Å². The molecule has 2 N–H and O–H groups in total. The van der Waals surface area contributed by atoms with Crippen molar-refractivity contribution < 1.29 is 27.9 Å². The molecule has 20 heavy (non-hydrogen) atoms. The second kappa shape index (κ2) is 6.11. The number of rotatable bonds is 4. The lowest BCUT2D eigenvalue weighted by Crippen LogP contribution is -2.49. The van der Waals surface area contributed by atoms with Crippen LogP contribution in [0.25, 0.3) is 0 Å². The Morgan fingerprint density at radius 2 is 2.10 bits per heavy atom. The number of urea groups is 1. The van der Waals surface area contributed by atoms with Crippen LogP contribution in [0.5, 0.6) is 0 Å². The quantitative estimate of drug-likeness (QED) is 0.830. The van der Waals surface area contributed by atoms with Crippen molar-refractivity contribution in [3.05, 3.63) is 0 Å². The van der Waals surface area contributed by atoms with E-state index in [0.717, 1.165) is 4.90 Å².